The van der Waals surface area contributed by atoms with Crippen LogP contribution in [0.5, 0.6) is 0 Å². The third-order valence-corrected chi connectivity index (χ3v) is 5.44. The molecule has 0 saturated heterocycles. The number of nitrogens with one attached hydrogen (secondary N) is 1. The number of hydrogen-bond donors (Lipinski definition) is 1. The number of thiazole rings is 1. The van der Waals surface area contributed by atoms with Gasteiger partial charge in [0.1, 0.15) is 5.15 Å². The minimum absolute atomic E-state index is 0.105. The number of amides is 1. The van der Waals surface area contributed by atoms with Crippen molar-refractivity contribution in [2.24, 2.45) is 0 Å². The van der Waals surface area contributed by atoms with E-state index in [2.05, 4.69) is 27.7 Å². The van der Waals surface area contributed by atoms with Crippen LogP contribution in [0.1, 0.15) is 54.6 Å². The molecular weight excluding hydrogens is 368 g/mol. The predicted molar refractivity (Wildman–Crippen MR) is 109 cm³/mol. The van der Waals surface area contributed by atoms with Crippen LogP contribution in [-0.4, -0.2) is 27.2 Å². The number of carbonyl (C=O) groups excluding carboxylic acids is 1. The number of carbonyl (C=O) groups is 1. The summed E-state index contributed by atoms with van der Waals surface area (Å²) < 4.78 is 1.80. The Labute approximate surface area is 164 Å². The van der Waals surface area contributed by atoms with Gasteiger partial charge in [-0.15, -0.1) is 11.3 Å². The summed E-state index contributed by atoms with van der Waals surface area (Å²) in [5, 5.41) is 11.2. The standard InChI is InChI=1S/C19H27ClN4OS/c1-4-5-12-24-19(20)16(15(3)23-24)9-10-17(25)21-11-7-6-8-18-22-14(2)13-26-18/h9-10,13H,4-8,11-12H2,1-3H3,(H,21,25)/b10-9+. The molecule has 0 fully saturated rings. The molecule has 7 heteroatoms. The van der Waals surface area contributed by atoms with Gasteiger partial charge in [-0.25, -0.2) is 4.98 Å². The van der Waals surface area contributed by atoms with Crippen molar-refractivity contribution in [2.45, 2.75) is 59.4 Å². The van der Waals surface area contributed by atoms with Crippen LogP contribution in [0.3, 0.4) is 0 Å². The van der Waals surface area contributed by atoms with E-state index in [0.29, 0.717) is 11.7 Å². The van der Waals surface area contributed by atoms with E-state index in [0.717, 1.165) is 55.6 Å². The van der Waals surface area contributed by atoms with Crippen molar-refractivity contribution in [3.8, 4) is 0 Å². The van der Waals surface area contributed by atoms with Crippen LogP contribution in [0.15, 0.2) is 11.5 Å². The first-order valence-corrected chi connectivity index (χ1v) is 10.4. The van der Waals surface area contributed by atoms with E-state index in [1.54, 1.807) is 22.1 Å². The van der Waals surface area contributed by atoms with Crippen LogP contribution in [0.25, 0.3) is 6.08 Å². The molecule has 26 heavy (non-hydrogen) atoms. The van der Waals surface area contributed by atoms with Gasteiger partial charge in [-0.05, 0) is 45.6 Å². The van der Waals surface area contributed by atoms with E-state index in [4.69, 9.17) is 11.6 Å². The molecule has 2 aromatic heterocycles. The Morgan fingerprint density at radius 2 is 2.15 bits per heavy atom. The highest BCUT2D eigenvalue weighted by molar-refractivity contribution is 7.09. The average molecular weight is 395 g/mol. The molecule has 0 radical (unpaired) electrons. The van der Waals surface area contributed by atoms with Gasteiger partial charge in [-0.2, -0.15) is 5.10 Å². The number of nitrogens with zero attached hydrogens (tertiary/aromatic N) is 3. The van der Waals surface area contributed by atoms with Crippen molar-refractivity contribution in [1.82, 2.24) is 20.1 Å². The van der Waals surface area contributed by atoms with Crippen molar-refractivity contribution >= 4 is 34.9 Å². The number of halogens is 1. The third-order valence-electron chi connectivity index (χ3n) is 4.02. The van der Waals surface area contributed by atoms with Crippen LogP contribution < -0.4 is 5.32 Å². The summed E-state index contributed by atoms with van der Waals surface area (Å²) >= 11 is 8.07. The van der Waals surface area contributed by atoms with Gasteiger partial charge in [-0.3, -0.25) is 9.48 Å². The maximum atomic E-state index is 12.0. The minimum atomic E-state index is -0.105. The van der Waals surface area contributed by atoms with Gasteiger partial charge in [0.2, 0.25) is 5.91 Å². The summed E-state index contributed by atoms with van der Waals surface area (Å²) in [6.07, 6.45) is 8.33. The molecule has 0 atom stereocenters. The van der Waals surface area contributed by atoms with Crippen molar-refractivity contribution in [2.75, 3.05) is 6.54 Å². The normalized spacial score (nSPS) is 11.4. The summed E-state index contributed by atoms with van der Waals surface area (Å²) in [4.78, 5) is 16.4. The summed E-state index contributed by atoms with van der Waals surface area (Å²) in [5.41, 5.74) is 2.74. The highest BCUT2D eigenvalue weighted by Crippen LogP contribution is 2.21. The largest absolute Gasteiger partial charge is 0.353 e. The average Bonchev–Trinajstić information content (AvgIpc) is 3.14. The van der Waals surface area contributed by atoms with Gasteiger partial charge < -0.3 is 5.32 Å². The van der Waals surface area contributed by atoms with Crippen molar-refractivity contribution in [3.63, 3.8) is 0 Å². The van der Waals surface area contributed by atoms with Crippen LogP contribution in [0.2, 0.25) is 5.15 Å². The molecule has 0 aliphatic heterocycles. The number of aromatic nitrogens is 3. The van der Waals surface area contributed by atoms with Gasteiger partial charge in [0.05, 0.1) is 10.7 Å². The first-order valence-electron chi connectivity index (χ1n) is 9.11. The van der Waals surface area contributed by atoms with E-state index < -0.39 is 0 Å². The van der Waals surface area contributed by atoms with Gasteiger partial charge >= 0.3 is 0 Å². The summed E-state index contributed by atoms with van der Waals surface area (Å²) in [6, 6.07) is 0. The van der Waals surface area contributed by atoms with E-state index >= 15 is 0 Å². The molecule has 0 spiro atoms. The molecule has 2 heterocycles. The van der Waals surface area contributed by atoms with Crippen molar-refractivity contribution < 1.29 is 4.79 Å². The molecule has 142 valence electrons. The molecule has 1 N–H and O–H groups in total. The van der Waals surface area contributed by atoms with Gasteiger partial charge in [0.25, 0.3) is 0 Å². The van der Waals surface area contributed by atoms with Crippen LogP contribution in [0.4, 0.5) is 0 Å². The molecule has 0 aliphatic rings. The van der Waals surface area contributed by atoms with E-state index in [1.807, 2.05) is 13.8 Å². The van der Waals surface area contributed by atoms with Gasteiger partial charge in [0.15, 0.2) is 0 Å². The van der Waals surface area contributed by atoms with Gasteiger partial charge in [0, 0.05) is 35.8 Å². The maximum Gasteiger partial charge on any atom is 0.244 e. The molecule has 1 amide bonds. The lowest BCUT2D eigenvalue weighted by Crippen LogP contribution is -2.22. The summed E-state index contributed by atoms with van der Waals surface area (Å²) in [6.45, 7) is 7.51. The summed E-state index contributed by atoms with van der Waals surface area (Å²) in [7, 11) is 0. The van der Waals surface area contributed by atoms with Crippen LogP contribution in [-0.2, 0) is 17.8 Å². The molecule has 0 bridgehead atoms. The van der Waals surface area contributed by atoms with E-state index in [9.17, 15) is 4.79 Å². The second kappa shape index (κ2) is 10.5. The quantitative estimate of drug-likeness (QED) is 0.474. The number of hydrogen-bond acceptors (Lipinski definition) is 4. The Morgan fingerprint density at radius 1 is 1.35 bits per heavy atom. The van der Waals surface area contributed by atoms with Crippen molar-refractivity contribution in [3.05, 3.63) is 38.6 Å². The van der Waals surface area contributed by atoms with E-state index in [1.165, 1.54) is 11.1 Å². The molecule has 0 aromatic carbocycles. The smallest absolute Gasteiger partial charge is 0.244 e. The van der Waals surface area contributed by atoms with Gasteiger partial charge in [-0.1, -0.05) is 24.9 Å². The Kier molecular flexibility index (Phi) is 8.32. The monoisotopic (exact) mass is 394 g/mol. The van der Waals surface area contributed by atoms with E-state index in [-0.39, 0.29) is 5.91 Å². The topological polar surface area (TPSA) is 59.8 Å². The summed E-state index contributed by atoms with van der Waals surface area (Å²) in [5.74, 6) is -0.105. The molecule has 0 aliphatic carbocycles. The highest BCUT2D eigenvalue weighted by atomic mass is 35.5. The van der Waals surface area contributed by atoms with Crippen molar-refractivity contribution in [1.29, 1.82) is 0 Å². The lowest BCUT2D eigenvalue weighted by molar-refractivity contribution is -0.116. The lowest BCUT2D eigenvalue weighted by Gasteiger charge is -2.02. The Morgan fingerprint density at radius 3 is 2.85 bits per heavy atom. The zero-order valence-corrected chi connectivity index (χ0v) is 17.3. The first kappa shape index (κ1) is 20.6. The maximum absolute atomic E-state index is 12.0. The Balaban J connectivity index is 1.74. The third kappa shape index (κ3) is 6.25. The minimum Gasteiger partial charge on any atom is -0.353 e. The fourth-order valence-corrected chi connectivity index (χ4v) is 3.70. The second-order valence-corrected chi connectivity index (χ2v) is 7.63. The first-order chi connectivity index (χ1) is 12.5. The Bertz CT molecular complexity index is 751. The number of unbranched alkanes of at least 4 members (excludes halogenated alkanes) is 2. The van der Waals surface area contributed by atoms with Crippen LogP contribution >= 0.6 is 22.9 Å². The number of rotatable bonds is 10. The number of aryl methyl sites for hydroxylation is 4. The van der Waals surface area contributed by atoms with Crippen LogP contribution in [0, 0.1) is 13.8 Å². The lowest BCUT2D eigenvalue weighted by atomic mass is 10.2. The zero-order chi connectivity index (χ0) is 18.9. The molecular formula is C19H27ClN4OS. The molecule has 5 nitrogen and oxygen atoms in total. The SMILES string of the molecule is CCCCn1nc(C)c(/C=C/C(=O)NCCCCc2nc(C)cs2)c1Cl. The molecule has 0 unspecified atom stereocenters. The molecule has 0 saturated carbocycles. The second-order valence-electron chi connectivity index (χ2n) is 6.33. The zero-order valence-electron chi connectivity index (χ0n) is 15.7. The molecule has 2 rings (SSSR count). The highest BCUT2D eigenvalue weighted by Gasteiger charge is 2.10. The fraction of sp³-hybridized carbons (Fsp3) is 0.526. The fourth-order valence-electron chi connectivity index (χ4n) is 2.56. The predicted octanol–water partition coefficient (Wildman–Crippen LogP) is 4.56. The molecule has 2 aromatic rings. The Hall–Kier alpha value is -1.66.